The molecular formula is C24H23ClFN3O3. The monoisotopic (exact) mass is 455 g/mol. The average Bonchev–Trinajstić information content (AvgIpc) is 2.75. The second kappa shape index (κ2) is 11.2. The van der Waals surface area contributed by atoms with Crippen molar-refractivity contribution < 1.29 is 18.7 Å². The van der Waals surface area contributed by atoms with Crippen LogP contribution >= 0.6 is 11.6 Å². The molecule has 0 spiro atoms. The van der Waals surface area contributed by atoms with Gasteiger partial charge in [0, 0.05) is 5.69 Å². The summed E-state index contributed by atoms with van der Waals surface area (Å²) in [6, 6.07) is 16.4. The number of nitrogens with zero attached hydrogens (tertiary/aromatic N) is 1. The van der Waals surface area contributed by atoms with Gasteiger partial charge in [-0.25, -0.2) is 14.6 Å². The van der Waals surface area contributed by atoms with E-state index >= 15 is 0 Å². The number of hydrogen-bond acceptors (Lipinski definition) is 4. The summed E-state index contributed by atoms with van der Waals surface area (Å²) in [6.45, 7) is 4.26. The van der Waals surface area contributed by atoms with Crippen LogP contribution in [0.15, 0.2) is 65.8 Å². The van der Waals surface area contributed by atoms with E-state index in [4.69, 9.17) is 21.1 Å². The first-order valence-electron chi connectivity index (χ1n) is 9.95. The SMILES string of the molecule is CCOc1cc(C=NNC(=O)Nc2ccccc2C)cc(Cl)c1OCc1cccc(F)c1. The van der Waals surface area contributed by atoms with Crippen molar-refractivity contribution in [3.8, 4) is 11.5 Å². The largest absolute Gasteiger partial charge is 0.490 e. The second-order valence-electron chi connectivity index (χ2n) is 6.82. The van der Waals surface area contributed by atoms with Crippen LogP contribution in [0.4, 0.5) is 14.9 Å². The number of urea groups is 1. The Balaban J connectivity index is 1.67. The summed E-state index contributed by atoms with van der Waals surface area (Å²) in [6.07, 6.45) is 1.45. The fourth-order valence-corrected chi connectivity index (χ4v) is 3.15. The van der Waals surface area contributed by atoms with E-state index in [1.165, 1.54) is 18.3 Å². The van der Waals surface area contributed by atoms with Gasteiger partial charge in [-0.15, -0.1) is 0 Å². The normalized spacial score (nSPS) is 10.8. The molecule has 0 unspecified atom stereocenters. The molecule has 0 aliphatic rings. The molecule has 0 aliphatic heterocycles. The van der Waals surface area contributed by atoms with Gasteiger partial charge >= 0.3 is 6.03 Å². The number of hydrogen-bond donors (Lipinski definition) is 2. The summed E-state index contributed by atoms with van der Waals surface area (Å²) in [4.78, 5) is 12.1. The third kappa shape index (κ3) is 6.46. The summed E-state index contributed by atoms with van der Waals surface area (Å²) in [7, 11) is 0. The molecule has 166 valence electrons. The molecule has 32 heavy (non-hydrogen) atoms. The number of aryl methyl sites for hydroxylation is 1. The number of para-hydroxylation sites is 1. The number of amides is 2. The van der Waals surface area contributed by atoms with Crippen LogP contribution in [-0.4, -0.2) is 18.9 Å². The number of halogens is 2. The van der Waals surface area contributed by atoms with Gasteiger partial charge in [0.15, 0.2) is 11.5 Å². The van der Waals surface area contributed by atoms with Crippen molar-refractivity contribution in [2.24, 2.45) is 5.10 Å². The van der Waals surface area contributed by atoms with E-state index in [0.29, 0.717) is 39.9 Å². The maximum Gasteiger partial charge on any atom is 0.339 e. The Morgan fingerprint density at radius 3 is 2.69 bits per heavy atom. The van der Waals surface area contributed by atoms with E-state index < -0.39 is 6.03 Å². The van der Waals surface area contributed by atoms with Crippen molar-refractivity contribution in [3.05, 3.63) is 88.2 Å². The lowest BCUT2D eigenvalue weighted by Crippen LogP contribution is -2.24. The number of anilines is 1. The van der Waals surface area contributed by atoms with Gasteiger partial charge in [-0.2, -0.15) is 5.10 Å². The zero-order chi connectivity index (χ0) is 22.9. The minimum absolute atomic E-state index is 0.131. The van der Waals surface area contributed by atoms with Crippen LogP contribution < -0.4 is 20.2 Å². The Hall–Kier alpha value is -3.58. The van der Waals surface area contributed by atoms with Crippen molar-refractivity contribution in [1.82, 2.24) is 5.43 Å². The fourth-order valence-electron chi connectivity index (χ4n) is 2.88. The van der Waals surface area contributed by atoms with E-state index in [-0.39, 0.29) is 12.4 Å². The molecule has 6 nitrogen and oxygen atoms in total. The van der Waals surface area contributed by atoms with Crippen LogP contribution in [0.3, 0.4) is 0 Å². The number of ether oxygens (including phenoxy) is 2. The van der Waals surface area contributed by atoms with Crippen LogP contribution in [0.2, 0.25) is 5.02 Å². The molecule has 0 aromatic heterocycles. The molecular weight excluding hydrogens is 433 g/mol. The molecule has 3 rings (SSSR count). The van der Waals surface area contributed by atoms with Crippen molar-refractivity contribution in [3.63, 3.8) is 0 Å². The van der Waals surface area contributed by atoms with Gasteiger partial charge in [-0.05, 0) is 60.9 Å². The maximum atomic E-state index is 13.4. The standard InChI is InChI=1S/C24H23ClFN3O3/c1-3-31-22-13-18(14-27-29-24(30)28-21-10-5-4-7-16(21)2)12-20(25)23(22)32-15-17-8-6-9-19(26)11-17/h4-14H,3,15H2,1-2H3,(H2,28,29,30). The van der Waals surface area contributed by atoms with Gasteiger partial charge in [-0.1, -0.05) is 41.9 Å². The van der Waals surface area contributed by atoms with Crippen molar-refractivity contribution >= 4 is 29.5 Å². The Bertz CT molecular complexity index is 1120. The fraction of sp³-hybridized carbons (Fsp3) is 0.167. The molecule has 0 radical (unpaired) electrons. The molecule has 0 bridgehead atoms. The maximum absolute atomic E-state index is 13.4. The lowest BCUT2D eigenvalue weighted by molar-refractivity contribution is 0.252. The molecule has 3 aromatic rings. The van der Waals surface area contributed by atoms with E-state index in [1.807, 2.05) is 32.0 Å². The average molecular weight is 456 g/mol. The highest BCUT2D eigenvalue weighted by atomic mass is 35.5. The Morgan fingerprint density at radius 1 is 1.12 bits per heavy atom. The summed E-state index contributed by atoms with van der Waals surface area (Å²) in [5, 5.41) is 6.99. The molecule has 0 heterocycles. The molecule has 8 heteroatoms. The third-order valence-electron chi connectivity index (χ3n) is 4.38. The lowest BCUT2D eigenvalue weighted by atomic mass is 10.2. The van der Waals surface area contributed by atoms with Crippen LogP contribution in [0.5, 0.6) is 11.5 Å². The number of carbonyl (C=O) groups is 1. The first-order chi connectivity index (χ1) is 15.5. The molecule has 0 saturated heterocycles. The van der Waals surface area contributed by atoms with Gasteiger partial charge < -0.3 is 14.8 Å². The van der Waals surface area contributed by atoms with Gasteiger partial charge in [0.25, 0.3) is 0 Å². The molecule has 2 amide bonds. The molecule has 0 fully saturated rings. The number of hydrazone groups is 1. The topological polar surface area (TPSA) is 72.0 Å². The quantitative estimate of drug-likeness (QED) is 0.327. The number of carbonyl (C=O) groups excluding carboxylic acids is 1. The summed E-state index contributed by atoms with van der Waals surface area (Å²) in [5.74, 6) is 0.426. The van der Waals surface area contributed by atoms with Gasteiger partial charge in [0.1, 0.15) is 12.4 Å². The number of benzene rings is 3. The highest BCUT2D eigenvalue weighted by Gasteiger charge is 2.13. The summed E-state index contributed by atoms with van der Waals surface area (Å²) < 4.78 is 24.8. The molecule has 2 N–H and O–H groups in total. The Morgan fingerprint density at radius 2 is 1.94 bits per heavy atom. The smallest absolute Gasteiger partial charge is 0.339 e. The highest BCUT2D eigenvalue weighted by molar-refractivity contribution is 6.32. The van der Waals surface area contributed by atoms with Crippen molar-refractivity contribution in [1.29, 1.82) is 0 Å². The van der Waals surface area contributed by atoms with Gasteiger partial charge in [-0.3, -0.25) is 0 Å². The molecule has 0 atom stereocenters. The van der Waals surface area contributed by atoms with Crippen molar-refractivity contribution in [2.45, 2.75) is 20.5 Å². The minimum atomic E-state index is -0.471. The molecule has 0 saturated carbocycles. The van der Waals surface area contributed by atoms with E-state index in [2.05, 4.69) is 15.8 Å². The Labute approximate surface area is 191 Å². The third-order valence-corrected chi connectivity index (χ3v) is 4.66. The number of nitrogens with one attached hydrogen (secondary N) is 2. The molecule has 0 aliphatic carbocycles. The zero-order valence-electron chi connectivity index (χ0n) is 17.7. The van der Waals surface area contributed by atoms with Crippen LogP contribution in [-0.2, 0) is 6.61 Å². The van der Waals surface area contributed by atoms with Crippen LogP contribution in [0.1, 0.15) is 23.6 Å². The first kappa shape index (κ1) is 23.1. The predicted octanol–water partition coefficient (Wildman–Crippen LogP) is 5.92. The predicted molar refractivity (Wildman–Crippen MR) is 124 cm³/mol. The highest BCUT2D eigenvalue weighted by Crippen LogP contribution is 2.37. The lowest BCUT2D eigenvalue weighted by Gasteiger charge is -2.14. The van der Waals surface area contributed by atoms with E-state index in [0.717, 1.165) is 5.56 Å². The van der Waals surface area contributed by atoms with Crippen molar-refractivity contribution in [2.75, 3.05) is 11.9 Å². The minimum Gasteiger partial charge on any atom is -0.490 e. The number of rotatable bonds is 8. The first-order valence-corrected chi connectivity index (χ1v) is 10.3. The second-order valence-corrected chi connectivity index (χ2v) is 7.23. The van der Waals surface area contributed by atoms with Gasteiger partial charge in [0.2, 0.25) is 0 Å². The van der Waals surface area contributed by atoms with Crippen LogP contribution in [0, 0.1) is 12.7 Å². The summed E-state index contributed by atoms with van der Waals surface area (Å²) >= 11 is 6.39. The van der Waals surface area contributed by atoms with Gasteiger partial charge in [0.05, 0.1) is 17.8 Å². The van der Waals surface area contributed by atoms with Crippen LogP contribution in [0.25, 0.3) is 0 Å². The summed E-state index contributed by atoms with van der Waals surface area (Å²) in [5.41, 5.74) is 5.32. The molecule has 3 aromatic carbocycles. The van der Waals surface area contributed by atoms with E-state index in [9.17, 15) is 9.18 Å². The van der Waals surface area contributed by atoms with E-state index in [1.54, 1.807) is 30.3 Å². The zero-order valence-corrected chi connectivity index (χ0v) is 18.4. The Kier molecular flexibility index (Phi) is 8.05.